The van der Waals surface area contributed by atoms with E-state index in [9.17, 15) is 0 Å². The predicted octanol–water partition coefficient (Wildman–Crippen LogP) is 2.89. The van der Waals surface area contributed by atoms with Crippen LogP contribution in [0.4, 0.5) is 5.82 Å². The maximum Gasteiger partial charge on any atom is 0.194 e. The molecule has 0 saturated carbocycles. The molecule has 0 aliphatic carbocycles. The van der Waals surface area contributed by atoms with Gasteiger partial charge in [0.15, 0.2) is 5.96 Å². The minimum absolute atomic E-state index is 0.245. The monoisotopic (exact) mass is 373 g/mol. The fraction of sp³-hybridized carbons (Fsp3) is 0.714. The van der Waals surface area contributed by atoms with Crippen molar-refractivity contribution in [3.8, 4) is 0 Å². The Kier molecular flexibility index (Phi) is 6.94. The van der Waals surface area contributed by atoms with E-state index in [1.54, 1.807) is 0 Å². The van der Waals surface area contributed by atoms with Crippen LogP contribution in [0.5, 0.6) is 0 Å². The minimum Gasteiger partial charge on any atom is -0.372 e. The van der Waals surface area contributed by atoms with E-state index in [2.05, 4.69) is 59.9 Å². The van der Waals surface area contributed by atoms with Crippen molar-refractivity contribution in [3.63, 3.8) is 0 Å². The van der Waals surface area contributed by atoms with Crippen LogP contribution in [0.2, 0.25) is 0 Å². The standard InChI is InChI=1S/C21H35N5O/c1-5-22-21(25-10-8-16(2)9-11-25)24-13-19-6-7-20(23-12-19)26-14-17(3)27-18(4)15-26/h6-7,12,16-18H,5,8-11,13-15H2,1-4H3,(H,22,24). The molecule has 2 fully saturated rings. The number of morpholine rings is 1. The number of aromatic nitrogens is 1. The van der Waals surface area contributed by atoms with Gasteiger partial charge in [0.2, 0.25) is 0 Å². The predicted molar refractivity (Wildman–Crippen MR) is 111 cm³/mol. The van der Waals surface area contributed by atoms with Crippen molar-refractivity contribution in [3.05, 3.63) is 23.9 Å². The van der Waals surface area contributed by atoms with Crippen molar-refractivity contribution in [2.45, 2.75) is 59.3 Å². The maximum atomic E-state index is 5.81. The molecule has 27 heavy (non-hydrogen) atoms. The van der Waals surface area contributed by atoms with Gasteiger partial charge in [-0.2, -0.15) is 0 Å². The summed E-state index contributed by atoms with van der Waals surface area (Å²) in [4.78, 5) is 14.2. The highest BCUT2D eigenvalue weighted by Crippen LogP contribution is 2.19. The van der Waals surface area contributed by atoms with E-state index in [-0.39, 0.29) is 12.2 Å². The molecular formula is C21H35N5O. The number of ether oxygens (including phenoxy) is 1. The third kappa shape index (κ3) is 5.58. The van der Waals surface area contributed by atoms with E-state index in [1.165, 1.54) is 12.8 Å². The van der Waals surface area contributed by atoms with E-state index >= 15 is 0 Å². The van der Waals surface area contributed by atoms with Gasteiger partial charge < -0.3 is 19.9 Å². The molecule has 2 saturated heterocycles. The zero-order valence-electron chi connectivity index (χ0n) is 17.3. The first kappa shape index (κ1) is 19.9. The van der Waals surface area contributed by atoms with Gasteiger partial charge in [-0.3, -0.25) is 0 Å². The Morgan fingerprint density at radius 2 is 1.89 bits per heavy atom. The number of piperidine rings is 1. The Hall–Kier alpha value is -1.82. The SMILES string of the molecule is CCNC(=NCc1ccc(N2CC(C)OC(C)C2)nc1)N1CCC(C)CC1. The molecule has 2 unspecified atom stereocenters. The molecule has 6 heteroatoms. The average molecular weight is 374 g/mol. The third-order valence-electron chi connectivity index (χ3n) is 5.38. The van der Waals surface area contributed by atoms with Crippen LogP contribution in [-0.2, 0) is 11.3 Å². The smallest absolute Gasteiger partial charge is 0.194 e. The van der Waals surface area contributed by atoms with E-state index in [1.807, 2.05) is 6.20 Å². The molecule has 1 N–H and O–H groups in total. The minimum atomic E-state index is 0.245. The molecule has 0 amide bonds. The molecule has 2 atom stereocenters. The highest BCUT2D eigenvalue weighted by molar-refractivity contribution is 5.80. The first-order valence-electron chi connectivity index (χ1n) is 10.4. The van der Waals surface area contributed by atoms with Gasteiger partial charge in [-0.25, -0.2) is 9.98 Å². The lowest BCUT2D eigenvalue weighted by Crippen LogP contribution is -2.45. The Bertz CT molecular complexity index is 600. The number of rotatable bonds is 4. The second-order valence-corrected chi connectivity index (χ2v) is 8.03. The molecule has 2 aliphatic rings. The summed E-state index contributed by atoms with van der Waals surface area (Å²) in [7, 11) is 0. The molecule has 0 aromatic carbocycles. The van der Waals surface area contributed by atoms with Gasteiger partial charge >= 0.3 is 0 Å². The van der Waals surface area contributed by atoms with Gasteiger partial charge in [-0.1, -0.05) is 13.0 Å². The first-order chi connectivity index (χ1) is 13.0. The summed E-state index contributed by atoms with van der Waals surface area (Å²) >= 11 is 0. The lowest BCUT2D eigenvalue weighted by Gasteiger charge is -2.36. The average Bonchev–Trinajstić information content (AvgIpc) is 2.65. The zero-order valence-corrected chi connectivity index (χ0v) is 17.3. The molecule has 6 nitrogen and oxygen atoms in total. The summed E-state index contributed by atoms with van der Waals surface area (Å²) in [5.74, 6) is 2.89. The van der Waals surface area contributed by atoms with Crippen LogP contribution < -0.4 is 10.2 Å². The lowest BCUT2D eigenvalue weighted by atomic mass is 10.00. The lowest BCUT2D eigenvalue weighted by molar-refractivity contribution is -0.00545. The molecule has 1 aromatic heterocycles. The number of hydrogen-bond donors (Lipinski definition) is 1. The van der Waals surface area contributed by atoms with Gasteiger partial charge in [0.1, 0.15) is 5.82 Å². The van der Waals surface area contributed by atoms with E-state index in [0.29, 0.717) is 6.54 Å². The summed E-state index contributed by atoms with van der Waals surface area (Å²) in [6.07, 6.45) is 4.95. The van der Waals surface area contributed by atoms with Crippen molar-refractivity contribution in [2.75, 3.05) is 37.6 Å². The van der Waals surface area contributed by atoms with Crippen molar-refractivity contribution in [1.29, 1.82) is 0 Å². The van der Waals surface area contributed by atoms with Gasteiger partial charge in [-0.05, 0) is 51.2 Å². The van der Waals surface area contributed by atoms with Crippen molar-refractivity contribution < 1.29 is 4.74 Å². The molecule has 0 radical (unpaired) electrons. The number of hydrogen-bond acceptors (Lipinski definition) is 4. The molecule has 0 spiro atoms. The van der Waals surface area contributed by atoms with Crippen LogP contribution in [0.3, 0.4) is 0 Å². The largest absolute Gasteiger partial charge is 0.372 e. The third-order valence-corrected chi connectivity index (χ3v) is 5.38. The van der Waals surface area contributed by atoms with Crippen LogP contribution in [0, 0.1) is 5.92 Å². The normalized spacial score (nSPS) is 25.0. The van der Waals surface area contributed by atoms with Gasteiger partial charge in [-0.15, -0.1) is 0 Å². The maximum absolute atomic E-state index is 5.81. The number of anilines is 1. The molecule has 0 bridgehead atoms. The van der Waals surface area contributed by atoms with Crippen LogP contribution >= 0.6 is 0 Å². The molecule has 150 valence electrons. The van der Waals surface area contributed by atoms with E-state index in [0.717, 1.165) is 56.0 Å². The van der Waals surface area contributed by atoms with Crippen LogP contribution in [-0.4, -0.2) is 60.8 Å². The fourth-order valence-electron chi connectivity index (χ4n) is 3.87. The molecule has 3 rings (SSSR count). The number of likely N-dealkylation sites (tertiary alicyclic amines) is 1. The van der Waals surface area contributed by atoms with Crippen molar-refractivity contribution in [1.82, 2.24) is 15.2 Å². The van der Waals surface area contributed by atoms with Crippen LogP contribution in [0.15, 0.2) is 23.3 Å². The fourth-order valence-corrected chi connectivity index (χ4v) is 3.87. The topological polar surface area (TPSA) is 53.0 Å². The molecule has 3 heterocycles. The second-order valence-electron chi connectivity index (χ2n) is 8.03. The molecule has 2 aliphatic heterocycles. The van der Waals surface area contributed by atoms with Gasteiger partial charge in [0.25, 0.3) is 0 Å². The van der Waals surface area contributed by atoms with Crippen LogP contribution in [0.1, 0.15) is 46.1 Å². The first-order valence-corrected chi connectivity index (χ1v) is 10.4. The number of pyridine rings is 1. The summed E-state index contributed by atoms with van der Waals surface area (Å²) in [5.41, 5.74) is 1.15. The highest BCUT2D eigenvalue weighted by Gasteiger charge is 2.23. The summed E-state index contributed by atoms with van der Waals surface area (Å²) < 4.78 is 5.81. The zero-order chi connectivity index (χ0) is 19.2. The number of aliphatic imine (C=N–C) groups is 1. The van der Waals surface area contributed by atoms with Crippen molar-refractivity contribution >= 4 is 11.8 Å². The Labute approximate surface area is 164 Å². The Morgan fingerprint density at radius 1 is 1.19 bits per heavy atom. The van der Waals surface area contributed by atoms with Crippen molar-refractivity contribution in [2.24, 2.45) is 10.9 Å². The number of guanidine groups is 1. The Balaban J connectivity index is 1.61. The summed E-state index contributed by atoms with van der Waals surface area (Å²) in [6.45, 7) is 14.2. The molecule has 1 aromatic rings. The van der Waals surface area contributed by atoms with E-state index in [4.69, 9.17) is 9.73 Å². The number of nitrogens with one attached hydrogen (secondary N) is 1. The Morgan fingerprint density at radius 3 is 2.48 bits per heavy atom. The van der Waals surface area contributed by atoms with E-state index < -0.39 is 0 Å². The van der Waals surface area contributed by atoms with Crippen LogP contribution in [0.25, 0.3) is 0 Å². The summed E-state index contributed by atoms with van der Waals surface area (Å²) in [5, 5.41) is 3.44. The quantitative estimate of drug-likeness (QED) is 0.650. The summed E-state index contributed by atoms with van der Waals surface area (Å²) in [6, 6.07) is 4.27. The highest BCUT2D eigenvalue weighted by atomic mass is 16.5. The van der Waals surface area contributed by atoms with Gasteiger partial charge in [0, 0.05) is 38.9 Å². The number of nitrogens with zero attached hydrogens (tertiary/aromatic N) is 4. The molecular weight excluding hydrogens is 338 g/mol. The second kappa shape index (κ2) is 9.40. The van der Waals surface area contributed by atoms with Gasteiger partial charge in [0.05, 0.1) is 18.8 Å².